The van der Waals surface area contributed by atoms with Crippen LogP contribution in [0.3, 0.4) is 0 Å². The van der Waals surface area contributed by atoms with E-state index in [0.29, 0.717) is 18.5 Å². The molecule has 5 nitrogen and oxygen atoms in total. The number of unbranched alkanes of at least 4 members (excludes halogenated alkanes) is 2. The smallest absolute Gasteiger partial charge is 0.254 e. The lowest BCUT2D eigenvalue weighted by atomic mass is 10.2. The van der Waals surface area contributed by atoms with Crippen molar-refractivity contribution >= 4 is 5.91 Å². The second-order valence-electron chi connectivity index (χ2n) is 3.64. The molecule has 16 heavy (non-hydrogen) atoms. The highest BCUT2D eigenvalue weighted by Crippen LogP contribution is 2.05. The van der Waals surface area contributed by atoms with Crippen LogP contribution in [0.5, 0.6) is 0 Å². The van der Waals surface area contributed by atoms with Crippen LogP contribution in [0.1, 0.15) is 35.3 Å². The van der Waals surface area contributed by atoms with Crippen LogP contribution in [-0.2, 0) is 7.05 Å². The second kappa shape index (κ2) is 5.91. The number of aryl methyl sites for hydroxylation is 1. The number of aromatic nitrogens is 2. The third-order valence-corrected chi connectivity index (χ3v) is 2.48. The number of carbonyl (C=O) groups excluding carboxylic acids is 1. The first-order valence-electron chi connectivity index (χ1n) is 5.30. The largest absolute Gasteiger partial charge is 0.352 e. The van der Waals surface area contributed by atoms with E-state index in [0.717, 1.165) is 18.5 Å². The molecule has 0 unspecified atom stereocenters. The molecule has 0 fully saturated rings. The Morgan fingerprint density at radius 2 is 2.38 bits per heavy atom. The molecule has 0 atom stereocenters. The Labute approximate surface area is 95.1 Å². The van der Waals surface area contributed by atoms with Gasteiger partial charge in [-0.3, -0.25) is 9.48 Å². The van der Waals surface area contributed by atoms with Crippen LogP contribution in [0, 0.1) is 18.3 Å². The molecule has 1 amide bonds. The quantitative estimate of drug-likeness (QED) is 0.757. The van der Waals surface area contributed by atoms with E-state index < -0.39 is 0 Å². The highest BCUT2D eigenvalue weighted by Gasteiger charge is 2.11. The fraction of sp³-hybridized carbons (Fsp3) is 0.545. The van der Waals surface area contributed by atoms with Gasteiger partial charge < -0.3 is 5.32 Å². The average Bonchev–Trinajstić information content (AvgIpc) is 2.59. The molecule has 0 aromatic carbocycles. The molecular formula is C11H16N4O. The Morgan fingerprint density at radius 1 is 1.62 bits per heavy atom. The third kappa shape index (κ3) is 3.09. The van der Waals surface area contributed by atoms with Gasteiger partial charge in [-0.1, -0.05) is 0 Å². The highest BCUT2D eigenvalue weighted by molar-refractivity contribution is 5.94. The minimum Gasteiger partial charge on any atom is -0.352 e. The molecule has 5 heteroatoms. The summed E-state index contributed by atoms with van der Waals surface area (Å²) in [6.07, 6.45) is 3.77. The van der Waals surface area contributed by atoms with Crippen LogP contribution < -0.4 is 5.32 Å². The minimum atomic E-state index is -0.0949. The van der Waals surface area contributed by atoms with Gasteiger partial charge in [0.2, 0.25) is 0 Å². The molecule has 0 saturated heterocycles. The molecule has 1 aromatic rings. The molecule has 0 aliphatic rings. The van der Waals surface area contributed by atoms with Gasteiger partial charge in [0.05, 0.1) is 17.8 Å². The molecule has 1 aromatic heterocycles. The van der Waals surface area contributed by atoms with E-state index in [2.05, 4.69) is 16.5 Å². The van der Waals surface area contributed by atoms with Crippen molar-refractivity contribution in [2.45, 2.75) is 26.2 Å². The molecule has 0 saturated carbocycles. The summed E-state index contributed by atoms with van der Waals surface area (Å²) in [5.74, 6) is -0.0949. The van der Waals surface area contributed by atoms with Gasteiger partial charge in [-0.25, -0.2) is 0 Å². The standard InChI is InChI=1S/C11H16N4O/c1-9-10(8-14-15(9)2)11(16)13-7-5-3-4-6-12/h8H,3-5,7H2,1-2H3,(H,13,16). The second-order valence-corrected chi connectivity index (χ2v) is 3.64. The summed E-state index contributed by atoms with van der Waals surface area (Å²) in [4.78, 5) is 11.7. The van der Waals surface area contributed by atoms with Gasteiger partial charge in [0.25, 0.3) is 5.91 Å². The Balaban J connectivity index is 2.36. The number of nitrogens with zero attached hydrogens (tertiary/aromatic N) is 3. The van der Waals surface area contributed by atoms with Crippen molar-refractivity contribution < 1.29 is 4.79 Å². The molecule has 1 heterocycles. The lowest BCUT2D eigenvalue weighted by Gasteiger charge is -2.03. The molecular weight excluding hydrogens is 204 g/mol. The lowest BCUT2D eigenvalue weighted by molar-refractivity contribution is 0.0952. The van der Waals surface area contributed by atoms with Gasteiger partial charge in [-0.05, 0) is 19.8 Å². The van der Waals surface area contributed by atoms with Crippen molar-refractivity contribution in [2.24, 2.45) is 7.05 Å². The third-order valence-electron chi connectivity index (χ3n) is 2.48. The molecule has 0 bridgehead atoms. The van der Waals surface area contributed by atoms with Crippen LogP contribution in [0.4, 0.5) is 0 Å². The van der Waals surface area contributed by atoms with Gasteiger partial charge in [0.1, 0.15) is 0 Å². The first-order chi connectivity index (χ1) is 7.66. The van der Waals surface area contributed by atoms with Crippen LogP contribution in [-0.4, -0.2) is 22.2 Å². The van der Waals surface area contributed by atoms with E-state index in [1.165, 1.54) is 0 Å². The number of amides is 1. The summed E-state index contributed by atoms with van der Waals surface area (Å²) in [5.41, 5.74) is 1.47. The number of nitriles is 1. The van der Waals surface area contributed by atoms with Crippen molar-refractivity contribution in [3.8, 4) is 6.07 Å². The normalized spacial score (nSPS) is 9.81. The SMILES string of the molecule is Cc1c(C(=O)NCCCCC#N)cnn1C. The maximum absolute atomic E-state index is 11.7. The summed E-state index contributed by atoms with van der Waals surface area (Å²) in [6.45, 7) is 2.46. The molecule has 0 aliphatic heterocycles. The average molecular weight is 220 g/mol. The number of hydrogen-bond acceptors (Lipinski definition) is 3. The molecule has 86 valence electrons. The molecule has 0 spiro atoms. The first kappa shape index (κ1) is 12.2. The summed E-state index contributed by atoms with van der Waals surface area (Å²) in [7, 11) is 1.80. The lowest BCUT2D eigenvalue weighted by Crippen LogP contribution is -2.24. The Bertz CT molecular complexity index is 403. The van der Waals surface area contributed by atoms with Crippen LogP contribution in [0.25, 0.3) is 0 Å². The van der Waals surface area contributed by atoms with Crippen molar-refractivity contribution in [3.63, 3.8) is 0 Å². The van der Waals surface area contributed by atoms with Crippen LogP contribution in [0.15, 0.2) is 6.20 Å². The van der Waals surface area contributed by atoms with Crippen molar-refractivity contribution in [3.05, 3.63) is 17.5 Å². The van der Waals surface area contributed by atoms with Gasteiger partial charge in [-0.2, -0.15) is 10.4 Å². The van der Waals surface area contributed by atoms with Gasteiger partial charge in [-0.15, -0.1) is 0 Å². The van der Waals surface area contributed by atoms with Crippen molar-refractivity contribution in [1.29, 1.82) is 5.26 Å². The van der Waals surface area contributed by atoms with Crippen molar-refractivity contribution in [2.75, 3.05) is 6.54 Å². The fourth-order valence-corrected chi connectivity index (χ4v) is 1.35. The summed E-state index contributed by atoms with van der Waals surface area (Å²) in [6, 6.07) is 2.07. The van der Waals surface area contributed by atoms with Crippen molar-refractivity contribution in [1.82, 2.24) is 15.1 Å². The van der Waals surface area contributed by atoms with Gasteiger partial charge in [0, 0.05) is 25.7 Å². The monoisotopic (exact) mass is 220 g/mol. The zero-order valence-electron chi connectivity index (χ0n) is 9.66. The van der Waals surface area contributed by atoms with E-state index in [-0.39, 0.29) is 5.91 Å². The first-order valence-corrected chi connectivity index (χ1v) is 5.30. The predicted molar refractivity (Wildman–Crippen MR) is 59.7 cm³/mol. The van der Waals surface area contributed by atoms with Gasteiger partial charge >= 0.3 is 0 Å². The minimum absolute atomic E-state index is 0.0949. The van der Waals surface area contributed by atoms with E-state index >= 15 is 0 Å². The number of carbonyl (C=O) groups is 1. The predicted octanol–water partition coefficient (Wildman–Crippen LogP) is 1.15. The highest BCUT2D eigenvalue weighted by atomic mass is 16.1. The van der Waals surface area contributed by atoms with E-state index in [1.807, 2.05) is 6.92 Å². The van der Waals surface area contributed by atoms with E-state index in [1.54, 1.807) is 17.9 Å². The molecule has 1 N–H and O–H groups in total. The maximum Gasteiger partial charge on any atom is 0.254 e. The van der Waals surface area contributed by atoms with E-state index in [9.17, 15) is 4.79 Å². The van der Waals surface area contributed by atoms with Gasteiger partial charge in [0.15, 0.2) is 0 Å². The zero-order chi connectivity index (χ0) is 12.0. The number of rotatable bonds is 5. The van der Waals surface area contributed by atoms with Crippen LogP contribution in [0.2, 0.25) is 0 Å². The topological polar surface area (TPSA) is 70.7 Å². The molecule has 0 aliphatic carbocycles. The fourth-order valence-electron chi connectivity index (χ4n) is 1.35. The Morgan fingerprint density at radius 3 is 2.94 bits per heavy atom. The number of nitrogens with one attached hydrogen (secondary N) is 1. The number of hydrogen-bond donors (Lipinski definition) is 1. The zero-order valence-corrected chi connectivity index (χ0v) is 9.66. The summed E-state index contributed by atoms with van der Waals surface area (Å²) in [5, 5.41) is 15.2. The summed E-state index contributed by atoms with van der Waals surface area (Å²) >= 11 is 0. The van der Waals surface area contributed by atoms with E-state index in [4.69, 9.17) is 5.26 Å². The Hall–Kier alpha value is -1.83. The molecule has 0 radical (unpaired) electrons. The maximum atomic E-state index is 11.7. The summed E-state index contributed by atoms with van der Waals surface area (Å²) < 4.78 is 1.67. The molecule has 1 rings (SSSR count). The Kier molecular flexibility index (Phi) is 4.52. The van der Waals surface area contributed by atoms with Crippen LogP contribution >= 0.6 is 0 Å².